The Morgan fingerprint density at radius 1 is 0.920 bits per heavy atom. The zero-order valence-corrected chi connectivity index (χ0v) is 15.7. The van der Waals surface area contributed by atoms with Gasteiger partial charge in [0.25, 0.3) is 0 Å². The minimum atomic E-state index is -0.264. The molecule has 1 aromatic heterocycles. The zero-order chi connectivity index (χ0) is 17.8. The Labute approximate surface area is 153 Å². The van der Waals surface area contributed by atoms with Gasteiger partial charge in [0.2, 0.25) is 0 Å². The molecule has 3 aromatic rings. The van der Waals surface area contributed by atoms with E-state index in [-0.39, 0.29) is 11.0 Å². The van der Waals surface area contributed by atoms with Gasteiger partial charge in [0.1, 0.15) is 0 Å². The SMILES string of the molecule is CC1(C)N=C(c2ccc3cccnc3c2)c2cccc(Cl)c2C1(C)C. The van der Waals surface area contributed by atoms with Crippen LogP contribution >= 0.6 is 11.6 Å². The van der Waals surface area contributed by atoms with Crippen molar-refractivity contribution in [1.82, 2.24) is 4.98 Å². The van der Waals surface area contributed by atoms with Gasteiger partial charge in [-0.1, -0.05) is 55.8 Å². The van der Waals surface area contributed by atoms with E-state index in [4.69, 9.17) is 16.6 Å². The van der Waals surface area contributed by atoms with Crippen LogP contribution in [0.1, 0.15) is 44.4 Å². The van der Waals surface area contributed by atoms with Crippen LogP contribution in [0.4, 0.5) is 0 Å². The van der Waals surface area contributed by atoms with Crippen LogP contribution in [-0.2, 0) is 5.41 Å². The number of aliphatic imine (C=N–C) groups is 1. The van der Waals surface area contributed by atoms with E-state index in [1.54, 1.807) is 0 Å². The van der Waals surface area contributed by atoms with E-state index in [1.807, 2.05) is 24.4 Å². The maximum Gasteiger partial charge on any atom is 0.0730 e. The van der Waals surface area contributed by atoms with Gasteiger partial charge in [-0.05, 0) is 37.6 Å². The van der Waals surface area contributed by atoms with Crippen molar-refractivity contribution in [3.8, 4) is 0 Å². The number of nitrogens with zero attached hydrogens (tertiary/aromatic N) is 2. The number of pyridine rings is 1. The Bertz CT molecular complexity index is 1020. The van der Waals surface area contributed by atoms with E-state index in [0.717, 1.165) is 32.8 Å². The molecule has 0 saturated carbocycles. The molecule has 0 unspecified atom stereocenters. The summed E-state index contributed by atoms with van der Waals surface area (Å²) < 4.78 is 0. The summed E-state index contributed by atoms with van der Waals surface area (Å²) in [7, 11) is 0. The lowest BCUT2D eigenvalue weighted by Gasteiger charge is -2.44. The maximum atomic E-state index is 6.63. The van der Waals surface area contributed by atoms with Crippen molar-refractivity contribution in [2.75, 3.05) is 0 Å². The summed E-state index contributed by atoms with van der Waals surface area (Å²) in [6.45, 7) is 8.80. The van der Waals surface area contributed by atoms with Crippen molar-refractivity contribution in [1.29, 1.82) is 0 Å². The summed E-state index contributed by atoms with van der Waals surface area (Å²) >= 11 is 6.63. The van der Waals surface area contributed by atoms with Gasteiger partial charge in [-0.25, -0.2) is 0 Å². The maximum absolute atomic E-state index is 6.63. The Morgan fingerprint density at radius 3 is 2.52 bits per heavy atom. The molecular formula is C22H21ClN2. The molecule has 3 heteroatoms. The molecule has 25 heavy (non-hydrogen) atoms. The molecule has 2 aromatic carbocycles. The zero-order valence-electron chi connectivity index (χ0n) is 15.0. The molecule has 2 nitrogen and oxygen atoms in total. The Balaban J connectivity index is 2.00. The quantitative estimate of drug-likeness (QED) is 0.546. The van der Waals surface area contributed by atoms with Gasteiger partial charge >= 0.3 is 0 Å². The van der Waals surface area contributed by atoms with Crippen LogP contribution < -0.4 is 0 Å². The molecule has 4 rings (SSSR count). The fraction of sp³-hybridized carbons (Fsp3) is 0.273. The van der Waals surface area contributed by atoms with Gasteiger partial charge in [0.05, 0.1) is 16.8 Å². The van der Waals surface area contributed by atoms with Crippen LogP contribution in [0.2, 0.25) is 5.02 Å². The van der Waals surface area contributed by atoms with Crippen molar-refractivity contribution < 1.29 is 0 Å². The van der Waals surface area contributed by atoms with Crippen LogP contribution in [-0.4, -0.2) is 16.2 Å². The molecular weight excluding hydrogens is 328 g/mol. The van der Waals surface area contributed by atoms with Crippen molar-refractivity contribution in [3.63, 3.8) is 0 Å². The molecule has 0 atom stereocenters. The van der Waals surface area contributed by atoms with E-state index >= 15 is 0 Å². The first-order valence-corrected chi connectivity index (χ1v) is 8.93. The standard InChI is InChI=1S/C22H21ClN2/c1-21(2)19-16(8-5-9-17(19)23)20(25-22(21,3)4)15-11-10-14-7-6-12-24-18(14)13-15/h5-13H,1-4H3. The smallest absolute Gasteiger partial charge is 0.0730 e. The van der Waals surface area contributed by atoms with Gasteiger partial charge in [-0.15, -0.1) is 0 Å². The fourth-order valence-electron chi connectivity index (χ4n) is 3.58. The number of fused-ring (bicyclic) bond motifs is 2. The lowest BCUT2D eigenvalue weighted by atomic mass is 9.65. The largest absolute Gasteiger partial charge is 0.277 e. The van der Waals surface area contributed by atoms with Crippen LogP contribution in [0.15, 0.2) is 59.7 Å². The second-order valence-corrected chi connectivity index (χ2v) is 8.12. The lowest BCUT2D eigenvalue weighted by Crippen LogP contribution is -2.46. The predicted octanol–water partition coefficient (Wildman–Crippen LogP) is 5.80. The Morgan fingerprint density at radius 2 is 1.72 bits per heavy atom. The van der Waals surface area contributed by atoms with E-state index in [9.17, 15) is 0 Å². The van der Waals surface area contributed by atoms with Crippen molar-refractivity contribution in [2.45, 2.75) is 38.6 Å². The van der Waals surface area contributed by atoms with Crippen molar-refractivity contribution in [3.05, 3.63) is 76.4 Å². The van der Waals surface area contributed by atoms with Gasteiger partial charge in [-0.2, -0.15) is 0 Å². The number of rotatable bonds is 1. The topological polar surface area (TPSA) is 25.2 Å². The van der Waals surface area contributed by atoms with Gasteiger partial charge < -0.3 is 0 Å². The molecule has 0 aliphatic carbocycles. The van der Waals surface area contributed by atoms with Crippen molar-refractivity contribution >= 4 is 28.2 Å². The third-order valence-corrected chi connectivity index (χ3v) is 6.01. The number of benzene rings is 2. The van der Waals surface area contributed by atoms with E-state index in [0.29, 0.717) is 0 Å². The first-order valence-electron chi connectivity index (χ1n) is 8.56. The third kappa shape index (κ3) is 2.39. The summed E-state index contributed by atoms with van der Waals surface area (Å²) in [4.78, 5) is 9.65. The fourth-order valence-corrected chi connectivity index (χ4v) is 3.99. The van der Waals surface area contributed by atoms with Crippen LogP contribution in [0.5, 0.6) is 0 Å². The van der Waals surface area contributed by atoms with E-state index < -0.39 is 0 Å². The third-order valence-electron chi connectivity index (χ3n) is 5.69. The second kappa shape index (κ2) is 5.40. The second-order valence-electron chi connectivity index (χ2n) is 7.72. The molecule has 0 bridgehead atoms. The average molecular weight is 349 g/mol. The molecule has 1 aliphatic heterocycles. The predicted molar refractivity (Wildman–Crippen MR) is 106 cm³/mol. The summed E-state index contributed by atoms with van der Waals surface area (Å²) in [6.07, 6.45) is 1.83. The van der Waals surface area contributed by atoms with E-state index in [1.165, 1.54) is 5.56 Å². The van der Waals surface area contributed by atoms with Gasteiger partial charge in [0, 0.05) is 33.1 Å². The summed E-state index contributed by atoms with van der Waals surface area (Å²) in [6, 6.07) is 16.5. The highest BCUT2D eigenvalue weighted by Gasteiger charge is 2.45. The summed E-state index contributed by atoms with van der Waals surface area (Å²) in [5.41, 5.74) is 4.93. The molecule has 0 saturated heterocycles. The molecule has 0 N–H and O–H groups in total. The average Bonchev–Trinajstić information content (AvgIpc) is 2.58. The molecule has 126 valence electrons. The molecule has 0 fully saturated rings. The van der Waals surface area contributed by atoms with E-state index in [2.05, 4.69) is 63.0 Å². The summed E-state index contributed by atoms with van der Waals surface area (Å²) in [5, 5.41) is 1.94. The Hall–Kier alpha value is -2.19. The van der Waals surface area contributed by atoms with Crippen LogP contribution in [0.3, 0.4) is 0 Å². The van der Waals surface area contributed by atoms with Crippen molar-refractivity contribution in [2.24, 2.45) is 4.99 Å². The molecule has 0 radical (unpaired) electrons. The number of hydrogen-bond donors (Lipinski definition) is 0. The molecule has 0 amide bonds. The lowest BCUT2D eigenvalue weighted by molar-refractivity contribution is 0.304. The monoisotopic (exact) mass is 348 g/mol. The van der Waals surface area contributed by atoms with Crippen LogP contribution in [0.25, 0.3) is 10.9 Å². The number of hydrogen-bond acceptors (Lipinski definition) is 2. The highest BCUT2D eigenvalue weighted by Crippen LogP contribution is 2.46. The number of halogens is 1. The highest BCUT2D eigenvalue weighted by molar-refractivity contribution is 6.32. The first kappa shape index (κ1) is 16.3. The number of aromatic nitrogens is 1. The minimum Gasteiger partial charge on any atom is -0.277 e. The van der Waals surface area contributed by atoms with Gasteiger partial charge in [0.15, 0.2) is 0 Å². The molecule has 2 heterocycles. The summed E-state index contributed by atoms with van der Waals surface area (Å²) in [5.74, 6) is 0. The van der Waals surface area contributed by atoms with Gasteiger partial charge in [-0.3, -0.25) is 9.98 Å². The molecule has 1 aliphatic rings. The normalized spacial score (nSPS) is 17.9. The molecule has 0 spiro atoms. The highest BCUT2D eigenvalue weighted by atomic mass is 35.5. The van der Waals surface area contributed by atoms with Crippen LogP contribution in [0, 0.1) is 0 Å². The first-order chi connectivity index (χ1) is 11.8. The minimum absolute atomic E-state index is 0.153. The Kier molecular flexibility index (Phi) is 3.52.